The van der Waals surface area contributed by atoms with E-state index in [1.165, 1.54) is 16.4 Å². The Morgan fingerprint density at radius 2 is 1.82 bits per heavy atom. The highest BCUT2D eigenvalue weighted by atomic mass is 35.5. The van der Waals surface area contributed by atoms with E-state index in [9.17, 15) is 13.2 Å². The lowest BCUT2D eigenvalue weighted by Crippen LogP contribution is -2.64. The van der Waals surface area contributed by atoms with E-state index < -0.39 is 27.6 Å². The second-order valence-electron chi connectivity index (χ2n) is 8.47. The molecule has 1 aliphatic rings. The van der Waals surface area contributed by atoms with Crippen molar-refractivity contribution in [3.05, 3.63) is 94.5 Å². The van der Waals surface area contributed by atoms with Crippen molar-refractivity contribution in [2.45, 2.75) is 29.9 Å². The summed E-state index contributed by atoms with van der Waals surface area (Å²) in [5.41, 5.74) is 7.09. The van der Waals surface area contributed by atoms with Gasteiger partial charge in [0.25, 0.3) is 0 Å². The van der Waals surface area contributed by atoms with Gasteiger partial charge in [-0.1, -0.05) is 60.1 Å². The van der Waals surface area contributed by atoms with Gasteiger partial charge in [-0.15, -0.1) is 0 Å². The molecule has 0 bridgehead atoms. The van der Waals surface area contributed by atoms with E-state index in [1.54, 1.807) is 24.3 Å². The molecule has 3 N–H and O–H groups in total. The van der Waals surface area contributed by atoms with Crippen molar-refractivity contribution in [1.82, 2.24) is 4.31 Å². The maximum atomic E-state index is 13.4. The number of rotatable bonds is 8. The van der Waals surface area contributed by atoms with Gasteiger partial charge >= 0.3 is 5.97 Å². The summed E-state index contributed by atoms with van der Waals surface area (Å²) < 4.78 is 34.4. The van der Waals surface area contributed by atoms with Crippen molar-refractivity contribution < 1.29 is 23.1 Å². The number of nitrogens with two attached hydrogens (primary N) is 1. The molecule has 1 saturated heterocycles. The zero-order valence-electron chi connectivity index (χ0n) is 18.5. The van der Waals surface area contributed by atoms with Crippen LogP contribution < -0.4 is 10.5 Å². The summed E-state index contributed by atoms with van der Waals surface area (Å²) in [4.78, 5) is 11.2. The van der Waals surface area contributed by atoms with Gasteiger partial charge < -0.3 is 15.6 Å². The smallest absolute Gasteiger partial charge is 0.320 e. The van der Waals surface area contributed by atoms with Crippen LogP contribution in [0.4, 0.5) is 0 Å². The molecule has 0 amide bonds. The fraction of sp³-hybridized carbons (Fsp3) is 0.240. The van der Waals surface area contributed by atoms with Gasteiger partial charge in [-0.25, -0.2) is 8.42 Å². The lowest BCUT2D eigenvalue weighted by Gasteiger charge is -2.49. The molecule has 0 unspecified atom stereocenters. The van der Waals surface area contributed by atoms with Crippen LogP contribution >= 0.6 is 11.6 Å². The Morgan fingerprint density at radius 1 is 1.12 bits per heavy atom. The fourth-order valence-electron chi connectivity index (χ4n) is 3.96. The van der Waals surface area contributed by atoms with Gasteiger partial charge in [0.05, 0.1) is 23.0 Å². The Balaban J connectivity index is 1.60. The third kappa shape index (κ3) is 4.81. The van der Waals surface area contributed by atoms with Crippen LogP contribution in [0.25, 0.3) is 0 Å². The Kier molecular flexibility index (Phi) is 6.69. The summed E-state index contributed by atoms with van der Waals surface area (Å²) in [6.07, 6.45) is 0.0294. The molecule has 0 spiro atoms. The monoisotopic (exact) mass is 500 g/mol. The molecule has 34 heavy (non-hydrogen) atoms. The van der Waals surface area contributed by atoms with Crippen molar-refractivity contribution in [2.75, 3.05) is 13.1 Å². The summed E-state index contributed by atoms with van der Waals surface area (Å²) in [5, 5.41) is 9.51. The van der Waals surface area contributed by atoms with Crippen LogP contribution in [0.5, 0.6) is 5.75 Å². The Morgan fingerprint density at radius 3 is 2.47 bits per heavy atom. The van der Waals surface area contributed by atoms with E-state index in [1.807, 2.05) is 43.3 Å². The van der Waals surface area contributed by atoms with E-state index >= 15 is 0 Å². The molecule has 4 rings (SSSR count). The highest BCUT2D eigenvalue weighted by Gasteiger charge is 2.52. The normalized spacial score (nSPS) is 16.4. The van der Waals surface area contributed by atoms with Crippen molar-refractivity contribution in [2.24, 2.45) is 5.73 Å². The number of aryl methyl sites for hydroxylation is 1. The average molecular weight is 501 g/mol. The zero-order valence-corrected chi connectivity index (χ0v) is 20.1. The van der Waals surface area contributed by atoms with Crippen molar-refractivity contribution in [3.8, 4) is 5.75 Å². The first-order valence-electron chi connectivity index (χ1n) is 10.7. The number of sulfonamides is 1. The first-order chi connectivity index (χ1) is 16.1. The van der Waals surface area contributed by atoms with E-state index in [-0.39, 0.29) is 24.4 Å². The minimum absolute atomic E-state index is 0.0294. The van der Waals surface area contributed by atoms with Crippen LogP contribution in [-0.4, -0.2) is 42.9 Å². The third-order valence-electron chi connectivity index (χ3n) is 5.87. The number of carboxylic acid groups (broad SMARTS) is 1. The first-order valence-corrected chi connectivity index (χ1v) is 12.5. The van der Waals surface area contributed by atoms with Gasteiger partial charge in [-0.2, -0.15) is 4.31 Å². The van der Waals surface area contributed by atoms with Gasteiger partial charge in [-0.05, 0) is 54.3 Å². The number of carbonyl (C=O) groups is 1. The van der Waals surface area contributed by atoms with Crippen LogP contribution in [-0.2, 0) is 26.8 Å². The van der Waals surface area contributed by atoms with Gasteiger partial charge in [0.15, 0.2) is 5.60 Å². The summed E-state index contributed by atoms with van der Waals surface area (Å²) in [6.45, 7) is 2.13. The van der Waals surface area contributed by atoms with Crippen molar-refractivity contribution >= 4 is 27.6 Å². The molecule has 9 heteroatoms. The molecule has 7 nitrogen and oxygen atoms in total. The number of aliphatic carboxylic acids is 1. The molecule has 3 aromatic rings. The van der Waals surface area contributed by atoms with Gasteiger partial charge in [0.1, 0.15) is 11.8 Å². The van der Waals surface area contributed by atoms with Crippen molar-refractivity contribution in [3.63, 3.8) is 0 Å². The molecule has 1 atom stereocenters. The Bertz CT molecular complexity index is 1310. The summed E-state index contributed by atoms with van der Waals surface area (Å²) >= 11 is 6.40. The van der Waals surface area contributed by atoms with Crippen LogP contribution in [0.1, 0.15) is 16.7 Å². The minimum Gasteiger partial charge on any atom is -0.480 e. The molecule has 0 saturated carbocycles. The fourth-order valence-corrected chi connectivity index (χ4v) is 5.84. The highest BCUT2D eigenvalue weighted by molar-refractivity contribution is 7.89. The van der Waals surface area contributed by atoms with E-state index in [0.29, 0.717) is 16.3 Å². The minimum atomic E-state index is -3.84. The number of ether oxygens (including phenoxy) is 1. The molecule has 178 valence electrons. The number of hydrogen-bond acceptors (Lipinski definition) is 5. The lowest BCUT2D eigenvalue weighted by atomic mass is 9.87. The number of benzene rings is 3. The molecule has 0 aliphatic carbocycles. The van der Waals surface area contributed by atoms with Gasteiger partial charge in [0.2, 0.25) is 10.0 Å². The SMILES string of the molecule is Cc1ccc(OC2(c3ccccc3)CN(S(=O)(=O)c3cccc(C[C@H](N)C(=O)O)c3)C2)c(Cl)c1. The molecule has 0 aromatic heterocycles. The maximum absolute atomic E-state index is 13.4. The molecular formula is C25H25ClN2O5S. The second-order valence-corrected chi connectivity index (χ2v) is 10.8. The molecule has 1 heterocycles. The number of hydrogen-bond donors (Lipinski definition) is 2. The highest BCUT2D eigenvalue weighted by Crippen LogP contribution is 2.41. The van der Waals surface area contributed by atoms with Crippen LogP contribution in [0.15, 0.2) is 77.7 Å². The van der Waals surface area contributed by atoms with Crippen LogP contribution in [0, 0.1) is 6.92 Å². The number of halogens is 1. The number of nitrogens with zero attached hydrogens (tertiary/aromatic N) is 1. The number of carboxylic acids is 1. The zero-order chi connectivity index (χ0) is 24.5. The summed E-state index contributed by atoms with van der Waals surface area (Å²) in [5.74, 6) is -0.659. The van der Waals surface area contributed by atoms with Crippen molar-refractivity contribution in [1.29, 1.82) is 0 Å². The van der Waals surface area contributed by atoms with Gasteiger partial charge in [-0.3, -0.25) is 4.79 Å². The molecule has 1 fully saturated rings. The predicted octanol–water partition coefficient (Wildman–Crippen LogP) is 3.58. The Labute approximate surface area is 203 Å². The Hall–Kier alpha value is -2.91. The van der Waals surface area contributed by atoms with E-state index in [0.717, 1.165) is 11.1 Å². The molecular weight excluding hydrogens is 476 g/mol. The van der Waals surface area contributed by atoms with Crippen LogP contribution in [0.3, 0.4) is 0 Å². The lowest BCUT2D eigenvalue weighted by molar-refractivity contribution is -0.138. The summed E-state index contributed by atoms with van der Waals surface area (Å²) in [6, 6.07) is 20.0. The first kappa shape index (κ1) is 24.2. The van der Waals surface area contributed by atoms with Gasteiger partial charge in [0, 0.05) is 0 Å². The molecule has 3 aromatic carbocycles. The summed E-state index contributed by atoms with van der Waals surface area (Å²) in [7, 11) is -3.84. The third-order valence-corrected chi connectivity index (χ3v) is 7.95. The largest absolute Gasteiger partial charge is 0.480 e. The van der Waals surface area contributed by atoms with E-state index in [2.05, 4.69) is 0 Å². The quantitative estimate of drug-likeness (QED) is 0.489. The van der Waals surface area contributed by atoms with Crippen LogP contribution in [0.2, 0.25) is 5.02 Å². The second kappa shape index (κ2) is 9.38. The average Bonchev–Trinajstić information content (AvgIpc) is 2.78. The molecule has 1 aliphatic heterocycles. The maximum Gasteiger partial charge on any atom is 0.320 e. The van der Waals surface area contributed by atoms with E-state index in [4.69, 9.17) is 27.2 Å². The molecule has 0 radical (unpaired) electrons. The topological polar surface area (TPSA) is 110 Å². The standard InChI is InChI=1S/C25H25ClN2O5S/c1-17-10-11-23(21(26)12-17)33-25(19-7-3-2-4-8-19)15-28(16-25)34(31,32)20-9-5-6-18(13-20)14-22(27)24(29)30/h2-13,22H,14-16,27H2,1H3,(H,29,30)/t22-/m0/s1. The predicted molar refractivity (Wildman–Crippen MR) is 129 cm³/mol.